The maximum absolute atomic E-state index is 13.9. The molecular weight excluding hydrogens is 592 g/mol. The summed E-state index contributed by atoms with van der Waals surface area (Å²) >= 11 is 4.99. The van der Waals surface area contributed by atoms with Crippen LogP contribution < -0.4 is 10.0 Å². The Bertz CT molecular complexity index is 1790. The molecule has 5 aromatic rings. The van der Waals surface area contributed by atoms with Crippen LogP contribution in [0.1, 0.15) is 27.0 Å². The summed E-state index contributed by atoms with van der Waals surface area (Å²) < 4.78 is 1.00. The molecule has 5 nitrogen and oxygen atoms in total. The molecule has 2 heterocycles. The summed E-state index contributed by atoms with van der Waals surface area (Å²) in [5.74, 6) is -0.124. The number of para-hydroxylation sites is 2. The van der Waals surface area contributed by atoms with E-state index in [-0.39, 0.29) is 5.78 Å². The first kappa shape index (κ1) is 25.5. The molecule has 0 aromatic heterocycles. The van der Waals surface area contributed by atoms with E-state index >= 15 is 0 Å². The molecule has 2 aliphatic rings. The third-order valence-corrected chi connectivity index (χ3v) is 8.93. The molecule has 0 unspecified atom stereocenters. The predicted molar refractivity (Wildman–Crippen MR) is 172 cm³/mol. The van der Waals surface area contributed by atoms with Gasteiger partial charge in [0.2, 0.25) is 10.8 Å². The van der Waals surface area contributed by atoms with Crippen molar-refractivity contribution in [3.8, 4) is 0 Å². The van der Waals surface area contributed by atoms with Gasteiger partial charge < -0.3 is 0 Å². The van der Waals surface area contributed by atoms with Gasteiger partial charge in [-0.25, -0.2) is 10.0 Å². The smallest absolute Gasteiger partial charge is 0.234 e. The molecule has 0 N–H and O–H groups in total. The van der Waals surface area contributed by atoms with Gasteiger partial charge in [-0.05, 0) is 48.2 Å². The first-order chi connectivity index (χ1) is 20.1. The molecule has 0 aliphatic carbocycles. The molecule has 0 bridgehead atoms. The van der Waals surface area contributed by atoms with Gasteiger partial charge in [-0.1, -0.05) is 119 Å². The van der Waals surface area contributed by atoms with Gasteiger partial charge in [0, 0.05) is 26.7 Å². The number of thioether (sulfide) groups is 1. The summed E-state index contributed by atoms with van der Waals surface area (Å²) in [7, 11) is 0. The minimum absolute atomic E-state index is 0.124. The minimum atomic E-state index is -1.00. The average molecular weight is 616 g/mol. The summed E-state index contributed by atoms with van der Waals surface area (Å²) in [5, 5.41) is 14.8. The molecule has 1 atom stereocenters. The number of fused-ring (bicyclic) bond motifs is 2. The maximum Gasteiger partial charge on any atom is 0.234 e. The fraction of sp³-hybridized carbons (Fsp3) is 0.0294. The van der Waals surface area contributed by atoms with Gasteiger partial charge in [0.05, 0.1) is 17.1 Å². The van der Waals surface area contributed by atoms with E-state index in [1.807, 2.05) is 125 Å². The van der Waals surface area contributed by atoms with Crippen LogP contribution in [0.5, 0.6) is 0 Å². The van der Waals surface area contributed by atoms with E-state index in [9.17, 15) is 4.79 Å². The van der Waals surface area contributed by atoms with E-state index < -0.39 is 4.99 Å². The number of hydrogen-bond acceptors (Lipinski definition) is 6. The number of Topliss-reactive ketones (excluding diaryl/α,β-unsaturated/α-hetero) is 1. The van der Waals surface area contributed by atoms with Crippen LogP contribution in [-0.2, 0) is 4.99 Å². The van der Waals surface area contributed by atoms with Gasteiger partial charge in [-0.2, -0.15) is 10.2 Å². The van der Waals surface area contributed by atoms with E-state index in [0.717, 1.165) is 38.2 Å². The Morgan fingerprint density at radius 2 is 1.17 bits per heavy atom. The quantitative estimate of drug-likeness (QED) is 0.187. The molecule has 7 rings (SSSR count). The van der Waals surface area contributed by atoms with Gasteiger partial charge in [-0.15, -0.1) is 0 Å². The lowest BCUT2D eigenvalue weighted by molar-refractivity contribution is 0.106. The Kier molecular flexibility index (Phi) is 6.53. The zero-order chi connectivity index (χ0) is 27.8. The molecule has 5 aromatic carbocycles. The molecule has 0 fully saturated rings. The number of nitrogens with zero attached hydrogens (tertiary/aromatic N) is 4. The Hall–Kier alpha value is -4.46. The van der Waals surface area contributed by atoms with Crippen molar-refractivity contribution in [1.29, 1.82) is 0 Å². The molecule has 1 spiro atoms. The predicted octanol–water partition coefficient (Wildman–Crippen LogP) is 8.28. The van der Waals surface area contributed by atoms with Crippen LogP contribution in [0.15, 0.2) is 154 Å². The van der Waals surface area contributed by atoms with Crippen molar-refractivity contribution >= 4 is 55.6 Å². The molecule has 198 valence electrons. The van der Waals surface area contributed by atoms with Gasteiger partial charge in [0.25, 0.3) is 0 Å². The normalized spacial score (nSPS) is 17.7. The van der Waals surface area contributed by atoms with Crippen molar-refractivity contribution in [1.82, 2.24) is 0 Å². The van der Waals surface area contributed by atoms with E-state index in [1.165, 1.54) is 11.8 Å². The Morgan fingerprint density at radius 3 is 1.80 bits per heavy atom. The number of benzene rings is 5. The van der Waals surface area contributed by atoms with Crippen molar-refractivity contribution < 1.29 is 4.79 Å². The lowest BCUT2D eigenvalue weighted by Gasteiger charge is -2.47. The molecular formula is C34H23BrN4OS. The monoisotopic (exact) mass is 614 g/mol. The van der Waals surface area contributed by atoms with Crippen molar-refractivity contribution in [3.05, 3.63) is 166 Å². The van der Waals surface area contributed by atoms with Crippen LogP contribution in [0.2, 0.25) is 0 Å². The van der Waals surface area contributed by atoms with E-state index in [0.29, 0.717) is 10.6 Å². The molecule has 7 heteroatoms. The number of carbonyl (C=O) groups is 1. The maximum atomic E-state index is 13.9. The van der Waals surface area contributed by atoms with E-state index in [1.54, 1.807) is 0 Å². The lowest BCUT2D eigenvalue weighted by atomic mass is 9.93. The number of rotatable bonds is 5. The highest BCUT2D eigenvalue weighted by atomic mass is 79.9. The number of hydrogen-bond donors (Lipinski definition) is 0. The Morgan fingerprint density at radius 1 is 0.634 bits per heavy atom. The molecule has 2 aliphatic heterocycles. The van der Waals surface area contributed by atoms with Gasteiger partial charge in [0.1, 0.15) is 0 Å². The molecule has 0 radical (unpaired) electrons. The standard InChI is InChI=1S/C34H23BrN4OS/c35-26-22-20-24(21-23-26)31-29-18-10-11-19-30(29)34(38(36-31)27-14-6-2-7-15-27)39(28-16-8-3-9-17-28)37-33(41-34)32(40)25-12-4-1-5-13-25/h1-23H/t34-/m0/s1. The highest BCUT2D eigenvalue weighted by molar-refractivity contribution is 9.10. The number of hydrazone groups is 2. The average Bonchev–Trinajstić information content (AvgIpc) is 3.44. The number of halogens is 1. The first-order valence-electron chi connectivity index (χ1n) is 13.2. The second-order valence-electron chi connectivity index (χ2n) is 9.61. The van der Waals surface area contributed by atoms with Crippen molar-refractivity contribution in [2.75, 3.05) is 10.0 Å². The van der Waals surface area contributed by atoms with Gasteiger partial charge in [0.15, 0.2) is 5.04 Å². The van der Waals surface area contributed by atoms with Gasteiger partial charge >= 0.3 is 0 Å². The molecule has 41 heavy (non-hydrogen) atoms. The van der Waals surface area contributed by atoms with Crippen LogP contribution in [0.4, 0.5) is 11.4 Å². The van der Waals surface area contributed by atoms with Crippen molar-refractivity contribution in [2.45, 2.75) is 4.99 Å². The largest absolute Gasteiger partial charge is 0.286 e. The fourth-order valence-corrected chi connectivity index (χ4v) is 6.82. The third kappa shape index (κ3) is 4.38. The minimum Gasteiger partial charge on any atom is -0.286 e. The van der Waals surface area contributed by atoms with Crippen LogP contribution in [0.25, 0.3) is 0 Å². The van der Waals surface area contributed by atoms with E-state index in [4.69, 9.17) is 10.2 Å². The Balaban J connectivity index is 1.49. The molecule has 0 amide bonds. The fourth-order valence-electron chi connectivity index (χ4n) is 5.20. The second kappa shape index (κ2) is 10.5. The summed E-state index contributed by atoms with van der Waals surface area (Å²) in [6.45, 7) is 0. The van der Waals surface area contributed by atoms with Crippen LogP contribution >= 0.6 is 27.7 Å². The van der Waals surface area contributed by atoms with Crippen LogP contribution in [0.3, 0.4) is 0 Å². The van der Waals surface area contributed by atoms with E-state index in [2.05, 4.69) is 40.2 Å². The second-order valence-corrected chi connectivity index (χ2v) is 11.7. The summed E-state index contributed by atoms with van der Waals surface area (Å²) in [6.07, 6.45) is 0. The summed E-state index contributed by atoms with van der Waals surface area (Å²) in [4.78, 5) is 12.9. The highest BCUT2D eigenvalue weighted by Gasteiger charge is 2.56. The Labute approximate surface area is 251 Å². The zero-order valence-corrected chi connectivity index (χ0v) is 24.2. The number of ketones is 1. The highest BCUT2D eigenvalue weighted by Crippen LogP contribution is 2.55. The molecule has 0 saturated heterocycles. The van der Waals surface area contributed by atoms with Crippen LogP contribution in [-0.4, -0.2) is 16.5 Å². The van der Waals surface area contributed by atoms with Gasteiger partial charge in [-0.3, -0.25) is 4.79 Å². The van der Waals surface area contributed by atoms with Crippen molar-refractivity contribution in [3.63, 3.8) is 0 Å². The third-order valence-electron chi connectivity index (χ3n) is 7.09. The summed E-state index contributed by atoms with van der Waals surface area (Å²) in [5.41, 5.74) is 6.15. The van der Waals surface area contributed by atoms with Crippen LogP contribution in [0, 0.1) is 0 Å². The topological polar surface area (TPSA) is 48.3 Å². The summed E-state index contributed by atoms with van der Waals surface area (Å²) in [6, 6.07) is 45.8. The lowest BCUT2D eigenvalue weighted by Crippen LogP contribution is -2.54. The molecule has 0 saturated carbocycles. The first-order valence-corrected chi connectivity index (χ1v) is 14.8. The SMILES string of the molecule is O=C(C1=NN(c2ccccc2)[C@]2(S1)c1ccccc1C(c1ccc(Br)cc1)=NN2c1ccccc1)c1ccccc1. The van der Waals surface area contributed by atoms with Crippen molar-refractivity contribution in [2.24, 2.45) is 10.2 Å². The number of carbonyl (C=O) groups excluding carboxylic acids is 1. The number of anilines is 2. The zero-order valence-electron chi connectivity index (χ0n) is 21.8.